The summed E-state index contributed by atoms with van der Waals surface area (Å²) in [7, 11) is 0. The van der Waals surface area contributed by atoms with Crippen LogP contribution in [0.15, 0.2) is 64.4 Å². The highest BCUT2D eigenvalue weighted by Crippen LogP contribution is 2.49. The maximum Gasteiger partial charge on any atom is 0.416 e. The number of hydrogen-bond donors (Lipinski definition) is 2. The first-order chi connectivity index (χ1) is 24.2. The van der Waals surface area contributed by atoms with Crippen molar-refractivity contribution in [3.8, 4) is 0 Å². The third-order valence-corrected chi connectivity index (χ3v) is 10.5. The first-order valence-corrected chi connectivity index (χ1v) is 19.7. The molecule has 2 aliphatic rings. The second-order valence-corrected chi connectivity index (χ2v) is 14.5. The van der Waals surface area contributed by atoms with Crippen molar-refractivity contribution in [1.29, 1.82) is 0 Å². The van der Waals surface area contributed by atoms with E-state index in [1.165, 1.54) is 94.5 Å². The fourth-order valence-corrected chi connectivity index (χ4v) is 7.50. The number of halogens is 3. The second kappa shape index (κ2) is 23.8. The molecule has 1 saturated heterocycles. The normalized spacial score (nSPS) is 15.1. The third kappa shape index (κ3) is 15.8. The van der Waals surface area contributed by atoms with E-state index < -0.39 is 17.7 Å². The highest BCUT2D eigenvalue weighted by Gasteiger charge is 2.33. The Bertz CT molecular complexity index is 1270. The quantitative estimate of drug-likeness (QED) is 0.0983. The van der Waals surface area contributed by atoms with E-state index in [4.69, 9.17) is 10.2 Å². The third-order valence-electron chi connectivity index (χ3n) is 9.34. The molecule has 0 saturated carbocycles. The van der Waals surface area contributed by atoms with Crippen LogP contribution in [0.2, 0.25) is 0 Å². The molecule has 0 bridgehead atoms. The van der Waals surface area contributed by atoms with Crippen LogP contribution in [-0.2, 0) is 11.0 Å². The molecule has 0 aromatic heterocycles. The van der Waals surface area contributed by atoms with E-state index in [9.17, 15) is 18.0 Å². The van der Waals surface area contributed by atoms with Gasteiger partial charge in [-0.2, -0.15) is 13.2 Å². The summed E-state index contributed by atoms with van der Waals surface area (Å²) in [6.07, 6.45) is 17.8. The molecular weight excluding hydrogens is 660 g/mol. The number of carboxylic acids is 1. The molecular formula is C40H60F3N3O3S. The van der Waals surface area contributed by atoms with Crippen molar-refractivity contribution in [3.63, 3.8) is 0 Å². The highest BCUT2D eigenvalue weighted by atomic mass is 32.2. The zero-order chi connectivity index (χ0) is 36.0. The van der Waals surface area contributed by atoms with Crippen LogP contribution in [0.3, 0.4) is 0 Å². The molecule has 6 nitrogen and oxygen atoms in total. The largest absolute Gasteiger partial charge is 0.481 e. The van der Waals surface area contributed by atoms with Gasteiger partial charge >= 0.3 is 12.1 Å². The first kappa shape index (κ1) is 41.9. The number of anilines is 2. The topological polar surface area (TPSA) is 67.2 Å². The summed E-state index contributed by atoms with van der Waals surface area (Å²) in [4.78, 5) is 18.9. The fraction of sp³-hybridized carbons (Fsp3) is 0.625. The van der Waals surface area contributed by atoms with E-state index in [0.717, 1.165) is 67.5 Å². The number of rotatable bonds is 21. The van der Waals surface area contributed by atoms with Crippen molar-refractivity contribution in [3.05, 3.63) is 60.2 Å². The lowest BCUT2D eigenvalue weighted by Gasteiger charge is -2.36. The smallest absolute Gasteiger partial charge is 0.416 e. The lowest BCUT2D eigenvalue weighted by molar-refractivity contribution is -0.138. The molecule has 0 aliphatic carbocycles. The lowest BCUT2D eigenvalue weighted by atomic mass is 10.1. The molecule has 0 radical (unpaired) electrons. The number of β-amino-alcohol motifs (C(OH)–C–C–N with tert-alkyl or cyclic N) is 1. The average Bonchev–Trinajstić information content (AvgIpc) is 3.10. The number of allylic oxidation sites excluding steroid dienone is 2. The summed E-state index contributed by atoms with van der Waals surface area (Å²) in [5.74, 6) is -0.664. The number of piperazine rings is 1. The summed E-state index contributed by atoms with van der Waals surface area (Å²) in [6, 6.07) is 11.9. The van der Waals surface area contributed by atoms with Gasteiger partial charge in [-0.25, -0.2) is 0 Å². The van der Waals surface area contributed by atoms with Crippen LogP contribution in [0.4, 0.5) is 24.5 Å². The summed E-state index contributed by atoms with van der Waals surface area (Å²) < 4.78 is 39.9. The number of aliphatic hydroxyl groups is 1. The Morgan fingerprint density at radius 2 is 1.32 bits per heavy atom. The van der Waals surface area contributed by atoms with E-state index in [2.05, 4.69) is 28.9 Å². The van der Waals surface area contributed by atoms with Crippen LogP contribution in [-0.4, -0.2) is 78.4 Å². The summed E-state index contributed by atoms with van der Waals surface area (Å²) in [6.45, 7) is 8.55. The number of carboxylic acid groups (broad SMARTS) is 1. The Kier molecular flexibility index (Phi) is 20.0. The number of unbranched alkanes of at least 4 members (excludes halogenated alkanes) is 11. The van der Waals surface area contributed by atoms with Crippen molar-refractivity contribution in [1.82, 2.24) is 9.80 Å². The monoisotopic (exact) mass is 719 g/mol. The van der Waals surface area contributed by atoms with Crippen LogP contribution in [0, 0.1) is 0 Å². The minimum Gasteiger partial charge on any atom is -0.481 e. The average molecular weight is 720 g/mol. The molecule has 280 valence electrons. The number of fused-ring (bicyclic) bond motifs is 2. The van der Waals surface area contributed by atoms with Gasteiger partial charge < -0.3 is 20.0 Å². The SMILES string of the molecule is CCCCCCCC/C=C\CCCCCCCC(=O)O.OCCN1CCN(CCCN2c3ccccc3Sc3ccc(C(F)(F)F)cc32)CC1. The molecule has 4 rings (SSSR count). The van der Waals surface area contributed by atoms with E-state index in [-0.39, 0.29) is 6.61 Å². The Balaban J connectivity index is 0.000000297. The van der Waals surface area contributed by atoms with Crippen molar-refractivity contribution in [2.45, 2.75) is 119 Å². The molecule has 2 N–H and O–H groups in total. The molecule has 10 heteroatoms. The molecule has 50 heavy (non-hydrogen) atoms. The van der Waals surface area contributed by atoms with Crippen molar-refractivity contribution in [2.24, 2.45) is 0 Å². The molecule has 2 heterocycles. The van der Waals surface area contributed by atoms with E-state index in [0.29, 0.717) is 25.2 Å². The van der Waals surface area contributed by atoms with Gasteiger partial charge in [-0.1, -0.05) is 94.3 Å². The Morgan fingerprint density at radius 1 is 0.740 bits per heavy atom. The predicted octanol–water partition coefficient (Wildman–Crippen LogP) is 10.4. The predicted molar refractivity (Wildman–Crippen MR) is 201 cm³/mol. The zero-order valence-corrected chi connectivity index (χ0v) is 31.0. The van der Waals surface area contributed by atoms with Gasteiger partial charge in [0.2, 0.25) is 0 Å². The number of para-hydroxylation sites is 1. The number of aliphatic hydroxyl groups excluding tert-OH is 1. The second-order valence-electron chi connectivity index (χ2n) is 13.4. The fourth-order valence-electron chi connectivity index (χ4n) is 6.42. The van der Waals surface area contributed by atoms with Gasteiger partial charge in [0, 0.05) is 55.5 Å². The van der Waals surface area contributed by atoms with E-state index >= 15 is 0 Å². The number of benzene rings is 2. The van der Waals surface area contributed by atoms with Crippen molar-refractivity contribution >= 4 is 29.1 Å². The van der Waals surface area contributed by atoms with Gasteiger partial charge in [0.1, 0.15) is 0 Å². The molecule has 2 aromatic rings. The van der Waals surface area contributed by atoms with Crippen molar-refractivity contribution in [2.75, 3.05) is 57.3 Å². The van der Waals surface area contributed by atoms with Crippen LogP contribution in [0.1, 0.15) is 109 Å². The Hall–Kier alpha value is -2.53. The van der Waals surface area contributed by atoms with Crippen LogP contribution in [0.5, 0.6) is 0 Å². The van der Waals surface area contributed by atoms with Crippen LogP contribution >= 0.6 is 11.8 Å². The summed E-state index contributed by atoms with van der Waals surface area (Å²) >= 11 is 1.53. The number of carbonyl (C=O) groups is 1. The number of aliphatic carboxylic acids is 1. The van der Waals surface area contributed by atoms with Gasteiger partial charge in [0.15, 0.2) is 0 Å². The molecule has 0 spiro atoms. The molecule has 2 aromatic carbocycles. The maximum absolute atomic E-state index is 13.3. The molecule has 2 aliphatic heterocycles. The van der Waals surface area contributed by atoms with Gasteiger partial charge in [0.25, 0.3) is 0 Å². The first-order valence-electron chi connectivity index (χ1n) is 18.9. The zero-order valence-electron chi connectivity index (χ0n) is 30.1. The van der Waals surface area contributed by atoms with Gasteiger partial charge in [0.05, 0.1) is 23.5 Å². The Labute approximate surface area is 303 Å². The van der Waals surface area contributed by atoms with E-state index in [1.54, 1.807) is 6.07 Å². The van der Waals surface area contributed by atoms with Gasteiger partial charge in [-0.3, -0.25) is 9.69 Å². The summed E-state index contributed by atoms with van der Waals surface area (Å²) in [5.41, 5.74) is 1.01. The van der Waals surface area contributed by atoms with Crippen LogP contribution < -0.4 is 4.90 Å². The number of nitrogens with zero attached hydrogens (tertiary/aromatic N) is 3. The van der Waals surface area contributed by atoms with Gasteiger partial charge in [-0.05, 0) is 75.4 Å². The standard InChI is InChI=1S/C22H26F3N3OS.C18H34O2/c23-22(24,25)17-6-7-21-19(16-17)28(18-4-1-2-5-20(18)30-21)9-3-8-26-10-12-27(13-11-26)14-15-29;1-2-3-4-5-6-7-8-9-10-11-12-13-14-15-16-17-18(19)20/h1-2,4-7,16,29H,3,8-15H2;9-10H,2-8,11-17H2,1H3,(H,19,20)/b;10-9-. The van der Waals surface area contributed by atoms with E-state index in [1.807, 2.05) is 29.2 Å². The van der Waals surface area contributed by atoms with Crippen molar-refractivity contribution < 1.29 is 28.2 Å². The number of alkyl halides is 3. The highest BCUT2D eigenvalue weighted by molar-refractivity contribution is 7.99. The summed E-state index contributed by atoms with van der Waals surface area (Å²) in [5, 5.41) is 17.6. The number of hydrogen-bond acceptors (Lipinski definition) is 6. The minimum absolute atomic E-state index is 0.186. The molecule has 1 fully saturated rings. The molecule has 0 amide bonds. The maximum atomic E-state index is 13.3. The van der Waals surface area contributed by atoms with Gasteiger partial charge in [-0.15, -0.1) is 0 Å². The lowest BCUT2D eigenvalue weighted by Crippen LogP contribution is -2.47. The van der Waals surface area contributed by atoms with Crippen LogP contribution in [0.25, 0.3) is 0 Å². The Morgan fingerprint density at radius 3 is 1.94 bits per heavy atom. The molecule has 0 unspecified atom stereocenters. The minimum atomic E-state index is -4.35. The molecule has 0 atom stereocenters.